The molecule has 1 unspecified atom stereocenters. The first-order chi connectivity index (χ1) is 17.6. The first kappa shape index (κ1) is 24.9. The van der Waals surface area contributed by atoms with E-state index in [1.54, 1.807) is 22.3 Å². The largest absolute Gasteiger partial charge is 0.375 e. The van der Waals surface area contributed by atoms with Gasteiger partial charge in [0, 0.05) is 22.5 Å². The van der Waals surface area contributed by atoms with Crippen LogP contribution in [-0.2, 0) is 12.8 Å². The van der Waals surface area contributed by atoms with E-state index in [0.717, 1.165) is 49.0 Å². The minimum absolute atomic E-state index is 0.0121. The molecule has 3 aromatic rings. The molecule has 3 N–H and O–H groups in total. The second-order valence-electron chi connectivity index (χ2n) is 10.2. The summed E-state index contributed by atoms with van der Waals surface area (Å²) in [6.07, 6.45) is 13.4. The summed E-state index contributed by atoms with van der Waals surface area (Å²) in [4.78, 5) is 25.4. The molecular weight excluding hydrogens is 470 g/mol. The maximum absolute atomic E-state index is 12.8. The lowest BCUT2D eigenvalue weighted by atomic mass is 9.83. The summed E-state index contributed by atoms with van der Waals surface area (Å²) in [6.45, 7) is 4.61. The summed E-state index contributed by atoms with van der Waals surface area (Å²) in [5, 5.41) is 8.11. The lowest BCUT2D eigenvalue weighted by Crippen LogP contribution is -2.41. The fraction of sp³-hybridized carbons (Fsp3) is 0.556. The molecule has 1 amide bonds. The van der Waals surface area contributed by atoms with E-state index in [1.165, 1.54) is 55.5 Å². The predicted octanol–water partition coefficient (Wildman–Crippen LogP) is 4.25. The van der Waals surface area contributed by atoms with Gasteiger partial charge in [0.05, 0.1) is 11.4 Å². The molecule has 1 atom stereocenters. The highest BCUT2D eigenvalue weighted by Crippen LogP contribution is 2.32. The van der Waals surface area contributed by atoms with Crippen molar-refractivity contribution in [1.29, 1.82) is 0 Å². The molecule has 2 aromatic heterocycles. The van der Waals surface area contributed by atoms with Crippen molar-refractivity contribution < 1.29 is 4.79 Å². The number of rotatable bonds is 9. The van der Waals surface area contributed by atoms with E-state index in [2.05, 4.69) is 32.2 Å². The SMILES string of the molecule is CCCN(CCC1CCC(NC(=O)c2ccc(-n3cncn3)cc2)CC1)C1CCc2nc(N)sc2C1. The van der Waals surface area contributed by atoms with Gasteiger partial charge in [0.2, 0.25) is 0 Å². The van der Waals surface area contributed by atoms with E-state index in [4.69, 9.17) is 5.73 Å². The minimum atomic E-state index is 0.0121. The Bertz CT molecular complexity index is 1120. The molecule has 9 heteroatoms. The number of nitrogens with zero attached hydrogens (tertiary/aromatic N) is 5. The zero-order valence-electron chi connectivity index (χ0n) is 21.1. The molecule has 192 valence electrons. The van der Waals surface area contributed by atoms with Crippen LogP contribution >= 0.6 is 11.3 Å². The number of aromatic nitrogens is 4. The smallest absolute Gasteiger partial charge is 0.251 e. The number of thiazole rings is 1. The van der Waals surface area contributed by atoms with Crippen LogP contribution in [0.3, 0.4) is 0 Å². The summed E-state index contributed by atoms with van der Waals surface area (Å²) in [5.74, 6) is 0.760. The van der Waals surface area contributed by atoms with Crippen molar-refractivity contribution in [1.82, 2.24) is 30.0 Å². The summed E-state index contributed by atoms with van der Waals surface area (Å²) >= 11 is 1.68. The summed E-state index contributed by atoms with van der Waals surface area (Å²) in [6, 6.07) is 8.40. The number of amides is 1. The van der Waals surface area contributed by atoms with Crippen molar-refractivity contribution in [3.05, 3.63) is 53.1 Å². The van der Waals surface area contributed by atoms with Gasteiger partial charge >= 0.3 is 0 Å². The van der Waals surface area contributed by atoms with Crippen molar-refractivity contribution in [2.24, 2.45) is 5.92 Å². The Balaban J connectivity index is 1.07. The fourth-order valence-corrected chi connectivity index (χ4v) is 6.72. The van der Waals surface area contributed by atoms with Crippen LogP contribution < -0.4 is 11.1 Å². The lowest BCUT2D eigenvalue weighted by Gasteiger charge is -2.36. The molecule has 36 heavy (non-hydrogen) atoms. The molecule has 0 aliphatic heterocycles. The van der Waals surface area contributed by atoms with Gasteiger partial charge in [0.15, 0.2) is 5.13 Å². The van der Waals surface area contributed by atoms with Crippen molar-refractivity contribution in [2.75, 3.05) is 18.8 Å². The highest BCUT2D eigenvalue weighted by Gasteiger charge is 2.28. The first-order valence-electron chi connectivity index (χ1n) is 13.3. The fourth-order valence-electron chi connectivity index (χ4n) is 5.77. The summed E-state index contributed by atoms with van der Waals surface area (Å²) in [5.41, 5.74) is 8.77. The Labute approximate surface area is 217 Å². The van der Waals surface area contributed by atoms with Gasteiger partial charge < -0.3 is 16.0 Å². The average Bonchev–Trinajstić information content (AvgIpc) is 3.56. The van der Waals surface area contributed by atoms with Crippen LogP contribution in [0.15, 0.2) is 36.9 Å². The third-order valence-corrected chi connectivity index (χ3v) is 8.73. The molecule has 1 aromatic carbocycles. The molecule has 1 fully saturated rings. The Morgan fingerprint density at radius 2 is 1.97 bits per heavy atom. The predicted molar refractivity (Wildman–Crippen MR) is 143 cm³/mol. The van der Waals surface area contributed by atoms with E-state index in [-0.39, 0.29) is 11.9 Å². The average molecular weight is 508 g/mol. The van der Waals surface area contributed by atoms with Gasteiger partial charge in [0.25, 0.3) is 5.91 Å². The molecule has 0 radical (unpaired) electrons. The zero-order chi connectivity index (χ0) is 24.9. The van der Waals surface area contributed by atoms with Crippen molar-refractivity contribution in [3.63, 3.8) is 0 Å². The number of hydrogen-bond acceptors (Lipinski definition) is 7. The number of aryl methyl sites for hydroxylation is 1. The Morgan fingerprint density at radius 3 is 2.69 bits per heavy atom. The number of fused-ring (bicyclic) bond motifs is 1. The van der Waals surface area contributed by atoms with Gasteiger partial charge in [0.1, 0.15) is 12.7 Å². The van der Waals surface area contributed by atoms with Crippen LogP contribution in [-0.4, -0.2) is 55.7 Å². The van der Waals surface area contributed by atoms with Gasteiger partial charge in [-0.2, -0.15) is 5.10 Å². The number of nitrogens with one attached hydrogen (secondary N) is 1. The van der Waals surface area contributed by atoms with Gasteiger partial charge in [-0.3, -0.25) is 4.79 Å². The Hall–Kier alpha value is -2.78. The number of nitrogens with two attached hydrogens (primary N) is 1. The third-order valence-electron chi connectivity index (χ3n) is 7.78. The standard InChI is InChI=1S/C27H37N7OS/c1-2-14-33(23-11-12-24-25(16-23)36-27(28)32-24)15-13-19-3-7-21(8-4-19)31-26(35)20-5-9-22(10-6-20)34-18-29-17-30-34/h5-6,9-10,17-19,21,23H,2-4,7-8,11-16H2,1H3,(H2,28,32)(H,31,35). The van der Waals surface area contributed by atoms with Crippen molar-refractivity contribution in [3.8, 4) is 5.69 Å². The van der Waals surface area contributed by atoms with Crippen molar-refractivity contribution in [2.45, 2.75) is 76.8 Å². The van der Waals surface area contributed by atoms with E-state index < -0.39 is 0 Å². The lowest BCUT2D eigenvalue weighted by molar-refractivity contribution is 0.0918. The summed E-state index contributed by atoms with van der Waals surface area (Å²) in [7, 11) is 0. The number of anilines is 1. The number of hydrogen-bond donors (Lipinski definition) is 2. The van der Waals surface area contributed by atoms with Gasteiger partial charge in [-0.05, 0) is 101 Å². The van der Waals surface area contributed by atoms with Crippen LogP contribution in [0.4, 0.5) is 5.13 Å². The maximum atomic E-state index is 12.8. The Morgan fingerprint density at radius 1 is 1.17 bits per heavy atom. The molecule has 1 saturated carbocycles. The molecule has 2 aliphatic carbocycles. The van der Waals surface area contributed by atoms with Crippen LogP contribution in [0.25, 0.3) is 5.69 Å². The highest BCUT2D eigenvalue weighted by molar-refractivity contribution is 7.15. The van der Waals surface area contributed by atoms with Gasteiger partial charge in [-0.15, -0.1) is 11.3 Å². The number of carbonyl (C=O) groups is 1. The number of nitrogen functional groups attached to an aromatic ring is 1. The second kappa shape index (κ2) is 11.5. The number of carbonyl (C=O) groups excluding carboxylic acids is 1. The van der Waals surface area contributed by atoms with E-state index >= 15 is 0 Å². The van der Waals surface area contributed by atoms with E-state index in [9.17, 15) is 4.79 Å². The topological polar surface area (TPSA) is 102 Å². The van der Waals surface area contributed by atoms with Crippen LogP contribution in [0.2, 0.25) is 0 Å². The molecule has 0 spiro atoms. The molecule has 2 heterocycles. The monoisotopic (exact) mass is 507 g/mol. The van der Waals surface area contributed by atoms with E-state index in [0.29, 0.717) is 11.6 Å². The normalized spacial score (nSPS) is 21.9. The molecule has 0 saturated heterocycles. The van der Waals surface area contributed by atoms with E-state index in [1.807, 2.05) is 24.3 Å². The maximum Gasteiger partial charge on any atom is 0.251 e. The van der Waals surface area contributed by atoms with Crippen LogP contribution in [0.5, 0.6) is 0 Å². The first-order valence-corrected chi connectivity index (χ1v) is 14.1. The van der Waals surface area contributed by atoms with Crippen molar-refractivity contribution >= 4 is 22.4 Å². The number of benzene rings is 1. The van der Waals surface area contributed by atoms with Gasteiger partial charge in [-0.1, -0.05) is 6.92 Å². The minimum Gasteiger partial charge on any atom is -0.375 e. The second-order valence-corrected chi connectivity index (χ2v) is 11.3. The molecule has 2 aliphatic rings. The Kier molecular flexibility index (Phi) is 7.96. The van der Waals surface area contributed by atoms with Gasteiger partial charge in [-0.25, -0.2) is 14.6 Å². The summed E-state index contributed by atoms with van der Waals surface area (Å²) < 4.78 is 1.69. The van der Waals surface area contributed by atoms with Crippen LogP contribution in [0.1, 0.15) is 72.8 Å². The molecule has 5 rings (SSSR count). The molecule has 0 bridgehead atoms. The molecule has 8 nitrogen and oxygen atoms in total. The van der Waals surface area contributed by atoms with Crippen LogP contribution in [0, 0.1) is 5.92 Å². The quantitative estimate of drug-likeness (QED) is 0.449. The zero-order valence-corrected chi connectivity index (χ0v) is 21.9. The highest BCUT2D eigenvalue weighted by atomic mass is 32.1. The molecular formula is C27H37N7OS. The third kappa shape index (κ3) is 5.95.